The fraction of sp³-hybridized carbons (Fsp3) is 0.133. The number of nitrogens with zero attached hydrogens (tertiary/aromatic N) is 1. The van der Waals surface area contributed by atoms with Gasteiger partial charge in [-0.3, -0.25) is 0 Å². The van der Waals surface area contributed by atoms with E-state index < -0.39 is 0 Å². The molecule has 0 radical (unpaired) electrons. The number of aryl methyl sites for hydroxylation is 1. The summed E-state index contributed by atoms with van der Waals surface area (Å²) >= 11 is 1.56. The van der Waals surface area contributed by atoms with Gasteiger partial charge < -0.3 is 14.5 Å². The molecule has 0 saturated heterocycles. The molecule has 0 fully saturated rings. The van der Waals surface area contributed by atoms with Crippen molar-refractivity contribution in [2.45, 2.75) is 13.5 Å². The molecule has 3 aromatic rings. The maximum Gasteiger partial charge on any atom is 0.187 e. The first-order valence-corrected chi connectivity index (χ1v) is 7.11. The van der Waals surface area contributed by atoms with Gasteiger partial charge in [-0.2, -0.15) is 0 Å². The summed E-state index contributed by atoms with van der Waals surface area (Å²) in [5, 5.41) is 6.05. The third kappa shape index (κ3) is 3.00. The van der Waals surface area contributed by atoms with Crippen molar-refractivity contribution < 1.29 is 9.15 Å². The average Bonchev–Trinajstić information content (AvgIpc) is 3.12. The summed E-state index contributed by atoms with van der Waals surface area (Å²) in [4.78, 5) is 4.20. The van der Waals surface area contributed by atoms with Crippen LogP contribution in [0.1, 0.15) is 11.3 Å². The Morgan fingerprint density at radius 1 is 1.35 bits per heavy atom. The molecular weight excluding hydrogens is 272 g/mol. The van der Waals surface area contributed by atoms with Crippen molar-refractivity contribution in [1.29, 1.82) is 0 Å². The van der Waals surface area contributed by atoms with Crippen LogP contribution in [0, 0.1) is 6.92 Å². The molecule has 2 heterocycles. The summed E-state index contributed by atoms with van der Waals surface area (Å²) in [7, 11) is 0. The fourth-order valence-corrected chi connectivity index (χ4v) is 2.33. The van der Waals surface area contributed by atoms with Crippen LogP contribution in [-0.2, 0) is 6.61 Å². The zero-order valence-electron chi connectivity index (χ0n) is 11.0. The SMILES string of the molecule is Cc1ccc(Nc2nccs2)cc1OCc1ccco1. The molecule has 0 atom stereocenters. The topological polar surface area (TPSA) is 47.3 Å². The Kier molecular flexibility index (Phi) is 3.69. The molecule has 0 spiro atoms. The van der Waals surface area contributed by atoms with Crippen molar-refractivity contribution >= 4 is 22.2 Å². The van der Waals surface area contributed by atoms with E-state index in [9.17, 15) is 0 Å². The van der Waals surface area contributed by atoms with Crippen LogP contribution in [-0.4, -0.2) is 4.98 Å². The van der Waals surface area contributed by atoms with E-state index in [1.54, 1.807) is 23.8 Å². The smallest absolute Gasteiger partial charge is 0.187 e. The Bertz CT molecular complexity index is 663. The van der Waals surface area contributed by atoms with E-state index in [4.69, 9.17) is 9.15 Å². The van der Waals surface area contributed by atoms with Crippen LogP contribution in [0.3, 0.4) is 0 Å². The fourth-order valence-electron chi connectivity index (χ4n) is 1.79. The molecule has 20 heavy (non-hydrogen) atoms. The van der Waals surface area contributed by atoms with Gasteiger partial charge in [-0.15, -0.1) is 11.3 Å². The molecule has 2 aromatic heterocycles. The molecule has 3 rings (SSSR count). The van der Waals surface area contributed by atoms with Gasteiger partial charge in [0.1, 0.15) is 18.1 Å². The molecule has 0 aliphatic heterocycles. The second-order valence-corrected chi connectivity index (χ2v) is 5.21. The minimum Gasteiger partial charge on any atom is -0.485 e. The number of hydrogen-bond acceptors (Lipinski definition) is 5. The van der Waals surface area contributed by atoms with Crippen molar-refractivity contribution in [3.8, 4) is 5.75 Å². The van der Waals surface area contributed by atoms with Crippen LogP contribution in [0.4, 0.5) is 10.8 Å². The molecule has 0 bridgehead atoms. The molecular formula is C15H14N2O2S. The molecule has 0 saturated carbocycles. The van der Waals surface area contributed by atoms with Gasteiger partial charge in [-0.25, -0.2) is 4.98 Å². The summed E-state index contributed by atoms with van der Waals surface area (Å²) in [6.07, 6.45) is 3.42. The van der Waals surface area contributed by atoms with Crippen LogP contribution >= 0.6 is 11.3 Å². The summed E-state index contributed by atoms with van der Waals surface area (Å²) in [5.74, 6) is 1.64. The highest BCUT2D eigenvalue weighted by atomic mass is 32.1. The highest BCUT2D eigenvalue weighted by Gasteiger charge is 2.05. The third-order valence-corrected chi connectivity index (χ3v) is 3.51. The Balaban J connectivity index is 1.72. The lowest BCUT2D eigenvalue weighted by Gasteiger charge is -2.10. The monoisotopic (exact) mass is 286 g/mol. The molecule has 1 N–H and O–H groups in total. The van der Waals surface area contributed by atoms with Gasteiger partial charge >= 0.3 is 0 Å². The minimum absolute atomic E-state index is 0.425. The van der Waals surface area contributed by atoms with Crippen LogP contribution < -0.4 is 10.1 Å². The predicted molar refractivity (Wildman–Crippen MR) is 79.6 cm³/mol. The van der Waals surface area contributed by atoms with Gasteiger partial charge in [-0.1, -0.05) is 6.07 Å². The first-order valence-electron chi connectivity index (χ1n) is 6.23. The number of benzene rings is 1. The lowest BCUT2D eigenvalue weighted by molar-refractivity contribution is 0.269. The Labute approximate surface area is 121 Å². The molecule has 0 aliphatic rings. The molecule has 1 aromatic carbocycles. The van der Waals surface area contributed by atoms with E-state index >= 15 is 0 Å². The van der Waals surface area contributed by atoms with E-state index in [1.807, 2.05) is 42.6 Å². The highest BCUT2D eigenvalue weighted by molar-refractivity contribution is 7.13. The van der Waals surface area contributed by atoms with E-state index in [0.29, 0.717) is 6.61 Å². The van der Waals surface area contributed by atoms with Gasteiger partial charge in [0.2, 0.25) is 0 Å². The summed E-state index contributed by atoms with van der Waals surface area (Å²) in [5.41, 5.74) is 2.04. The van der Waals surface area contributed by atoms with E-state index in [2.05, 4.69) is 10.3 Å². The lowest BCUT2D eigenvalue weighted by atomic mass is 10.2. The second kappa shape index (κ2) is 5.79. The molecule has 4 nitrogen and oxygen atoms in total. The van der Waals surface area contributed by atoms with Crippen molar-refractivity contribution in [2.75, 3.05) is 5.32 Å². The Morgan fingerprint density at radius 2 is 2.30 bits per heavy atom. The van der Waals surface area contributed by atoms with Gasteiger partial charge in [0.25, 0.3) is 0 Å². The minimum atomic E-state index is 0.425. The van der Waals surface area contributed by atoms with Crippen molar-refractivity contribution in [3.63, 3.8) is 0 Å². The van der Waals surface area contributed by atoms with Crippen LogP contribution in [0.2, 0.25) is 0 Å². The number of rotatable bonds is 5. The normalized spacial score (nSPS) is 10.4. The molecule has 102 valence electrons. The highest BCUT2D eigenvalue weighted by Crippen LogP contribution is 2.26. The summed E-state index contributed by atoms with van der Waals surface area (Å²) in [6, 6.07) is 9.75. The molecule has 0 aliphatic carbocycles. The maximum atomic E-state index is 5.79. The average molecular weight is 286 g/mol. The zero-order valence-corrected chi connectivity index (χ0v) is 11.8. The number of aromatic nitrogens is 1. The maximum absolute atomic E-state index is 5.79. The van der Waals surface area contributed by atoms with Crippen molar-refractivity contribution in [1.82, 2.24) is 4.98 Å². The Morgan fingerprint density at radius 3 is 3.05 bits per heavy atom. The van der Waals surface area contributed by atoms with E-state index in [1.165, 1.54) is 0 Å². The number of thiazole rings is 1. The predicted octanol–water partition coefficient (Wildman–Crippen LogP) is 4.37. The van der Waals surface area contributed by atoms with E-state index in [0.717, 1.165) is 27.9 Å². The zero-order chi connectivity index (χ0) is 13.8. The van der Waals surface area contributed by atoms with Crippen molar-refractivity contribution in [2.24, 2.45) is 0 Å². The van der Waals surface area contributed by atoms with Crippen LogP contribution in [0.15, 0.2) is 52.6 Å². The van der Waals surface area contributed by atoms with E-state index in [-0.39, 0.29) is 0 Å². The first-order chi connectivity index (χ1) is 9.81. The van der Waals surface area contributed by atoms with Crippen molar-refractivity contribution in [3.05, 3.63) is 59.5 Å². The summed E-state index contributed by atoms with van der Waals surface area (Å²) < 4.78 is 11.1. The van der Waals surface area contributed by atoms with Crippen LogP contribution in [0.5, 0.6) is 5.75 Å². The van der Waals surface area contributed by atoms with Gasteiger partial charge in [-0.05, 0) is 30.7 Å². The molecule has 0 unspecified atom stereocenters. The number of furan rings is 1. The third-order valence-electron chi connectivity index (χ3n) is 2.82. The molecule has 5 heteroatoms. The Hall–Kier alpha value is -2.27. The largest absolute Gasteiger partial charge is 0.485 e. The standard InChI is InChI=1S/C15H14N2O2S/c1-11-4-5-12(17-15-16-6-8-20-15)9-14(11)19-10-13-3-2-7-18-13/h2-9H,10H2,1H3,(H,16,17). The molecule has 0 amide bonds. The first kappa shape index (κ1) is 12.7. The number of nitrogens with one attached hydrogen (secondary N) is 1. The van der Waals surface area contributed by atoms with Gasteiger partial charge in [0.15, 0.2) is 5.13 Å². The van der Waals surface area contributed by atoms with Gasteiger partial charge in [0.05, 0.1) is 6.26 Å². The quantitative estimate of drug-likeness (QED) is 0.756. The van der Waals surface area contributed by atoms with Crippen LogP contribution in [0.25, 0.3) is 0 Å². The number of hydrogen-bond donors (Lipinski definition) is 1. The summed E-state index contributed by atoms with van der Waals surface area (Å²) in [6.45, 7) is 2.44. The van der Waals surface area contributed by atoms with Gasteiger partial charge in [0, 0.05) is 23.3 Å². The number of anilines is 2. The number of ether oxygens (including phenoxy) is 1. The second-order valence-electron chi connectivity index (χ2n) is 4.31. The lowest BCUT2D eigenvalue weighted by Crippen LogP contribution is -1.97.